The lowest BCUT2D eigenvalue weighted by Crippen LogP contribution is -2.33. The van der Waals surface area contributed by atoms with Crippen LogP contribution in [0.3, 0.4) is 0 Å². The number of thioether (sulfide) groups is 1. The predicted molar refractivity (Wildman–Crippen MR) is 112 cm³/mol. The molecule has 7 nitrogen and oxygen atoms in total. The van der Waals surface area contributed by atoms with E-state index in [1.807, 2.05) is 0 Å². The molecule has 0 atom stereocenters. The maximum atomic E-state index is 13.2. The standard InChI is InChI=1S/C20H16N2O5S2/c1-2-26-15(23)11-21-14-8-4-3-7-13(14)16(18(21)24)17-19(25)22(20(28)29-17)10-12-6-5-9-27-12/h3-9H,2,10-11H2,1H3. The number of hydrogen-bond acceptors (Lipinski definition) is 7. The average Bonchev–Trinajstić information content (AvgIpc) is 3.38. The fraction of sp³-hybridized carbons (Fsp3) is 0.200. The fourth-order valence-corrected chi connectivity index (χ4v) is 4.56. The van der Waals surface area contributed by atoms with Gasteiger partial charge in [0.25, 0.3) is 11.8 Å². The molecule has 0 N–H and O–H groups in total. The van der Waals surface area contributed by atoms with E-state index in [1.165, 1.54) is 16.1 Å². The van der Waals surface area contributed by atoms with Gasteiger partial charge in [-0.15, -0.1) is 0 Å². The molecule has 9 heteroatoms. The van der Waals surface area contributed by atoms with E-state index in [9.17, 15) is 14.4 Å². The zero-order chi connectivity index (χ0) is 20.5. The molecule has 0 aliphatic carbocycles. The molecule has 148 valence electrons. The molecule has 2 aliphatic rings. The second kappa shape index (κ2) is 7.84. The van der Waals surface area contributed by atoms with Crippen molar-refractivity contribution in [3.05, 3.63) is 58.9 Å². The molecule has 0 bridgehead atoms. The Morgan fingerprint density at radius 2 is 1.93 bits per heavy atom. The SMILES string of the molecule is CCOC(=O)CN1C(=O)C(=C2SC(=S)N(Cc3ccco3)C2=O)c2ccccc21. The van der Waals surface area contributed by atoms with Crippen molar-refractivity contribution in [1.29, 1.82) is 0 Å². The van der Waals surface area contributed by atoms with Crippen molar-refractivity contribution < 1.29 is 23.5 Å². The van der Waals surface area contributed by atoms with Gasteiger partial charge in [-0.05, 0) is 25.1 Å². The number of esters is 1. The van der Waals surface area contributed by atoms with Gasteiger partial charge in [-0.1, -0.05) is 42.2 Å². The number of thiocarbonyl (C=S) groups is 1. The van der Waals surface area contributed by atoms with E-state index >= 15 is 0 Å². The molecular formula is C20H16N2O5S2. The summed E-state index contributed by atoms with van der Waals surface area (Å²) in [5, 5.41) is 0. The summed E-state index contributed by atoms with van der Waals surface area (Å²) in [5.74, 6) is -0.692. The first-order valence-corrected chi connectivity index (χ1v) is 10.1. The summed E-state index contributed by atoms with van der Waals surface area (Å²) in [7, 11) is 0. The lowest BCUT2D eigenvalue weighted by atomic mass is 10.1. The summed E-state index contributed by atoms with van der Waals surface area (Å²) in [6.45, 7) is 1.89. The highest BCUT2D eigenvalue weighted by molar-refractivity contribution is 8.26. The Hall–Kier alpha value is -2.91. The van der Waals surface area contributed by atoms with E-state index in [4.69, 9.17) is 21.4 Å². The highest BCUT2D eigenvalue weighted by Gasteiger charge is 2.42. The lowest BCUT2D eigenvalue weighted by molar-refractivity contribution is -0.142. The van der Waals surface area contributed by atoms with Gasteiger partial charge in [-0.2, -0.15) is 0 Å². The maximum Gasteiger partial charge on any atom is 0.326 e. The highest BCUT2D eigenvalue weighted by atomic mass is 32.2. The maximum absolute atomic E-state index is 13.2. The van der Waals surface area contributed by atoms with Crippen LogP contribution in [0.1, 0.15) is 18.2 Å². The number of ether oxygens (including phenoxy) is 1. The molecule has 2 amide bonds. The Morgan fingerprint density at radius 3 is 2.66 bits per heavy atom. The zero-order valence-electron chi connectivity index (χ0n) is 15.4. The van der Waals surface area contributed by atoms with E-state index in [-0.39, 0.29) is 36.1 Å². The monoisotopic (exact) mass is 428 g/mol. The van der Waals surface area contributed by atoms with Gasteiger partial charge in [0, 0.05) is 5.56 Å². The highest BCUT2D eigenvalue weighted by Crippen LogP contribution is 2.44. The summed E-state index contributed by atoms with van der Waals surface area (Å²) in [6.07, 6.45) is 1.52. The molecule has 0 spiro atoms. The quantitative estimate of drug-likeness (QED) is 0.411. The number of carbonyl (C=O) groups is 3. The van der Waals surface area contributed by atoms with Crippen molar-refractivity contribution in [3.8, 4) is 0 Å². The van der Waals surface area contributed by atoms with Gasteiger partial charge in [0.1, 0.15) is 16.6 Å². The second-order valence-electron chi connectivity index (χ2n) is 6.26. The van der Waals surface area contributed by atoms with Crippen LogP contribution in [0.15, 0.2) is 52.0 Å². The number of nitrogens with zero attached hydrogens (tertiary/aromatic N) is 2. The van der Waals surface area contributed by atoms with Crippen LogP contribution >= 0.6 is 24.0 Å². The normalized spacial score (nSPS) is 18.6. The minimum Gasteiger partial charge on any atom is -0.467 e. The van der Waals surface area contributed by atoms with Gasteiger partial charge in [-0.25, -0.2) is 0 Å². The van der Waals surface area contributed by atoms with Crippen molar-refractivity contribution >= 4 is 57.3 Å². The molecule has 0 unspecified atom stereocenters. The van der Waals surface area contributed by atoms with E-state index in [0.717, 1.165) is 11.8 Å². The van der Waals surface area contributed by atoms with Crippen molar-refractivity contribution in [2.24, 2.45) is 0 Å². The van der Waals surface area contributed by atoms with Crippen molar-refractivity contribution in [1.82, 2.24) is 4.90 Å². The molecule has 1 saturated heterocycles. The van der Waals surface area contributed by atoms with Crippen molar-refractivity contribution in [2.75, 3.05) is 18.1 Å². The number of furan rings is 1. The van der Waals surface area contributed by atoms with E-state index < -0.39 is 11.9 Å². The number of anilines is 1. The van der Waals surface area contributed by atoms with Crippen molar-refractivity contribution in [2.45, 2.75) is 13.5 Å². The van der Waals surface area contributed by atoms with Crippen LogP contribution in [0.4, 0.5) is 5.69 Å². The smallest absolute Gasteiger partial charge is 0.326 e. The van der Waals surface area contributed by atoms with Crippen LogP contribution in [-0.2, 0) is 25.7 Å². The molecule has 0 radical (unpaired) electrons. The van der Waals surface area contributed by atoms with Crippen molar-refractivity contribution in [3.63, 3.8) is 0 Å². The fourth-order valence-electron chi connectivity index (χ4n) is 3.24. The predicted octanol–water partition coefficient (Wildman–Crippen LogP) is 2.96. The number of hydrogen-bond donors (Lipinski definition) is 0. The Balaban J connectivity index is 1.71. The lowest BCUT2D eigenvalue weighted by Gasteiger charge is -2.15. The van der Waals surface area contributed by atoms with Crippen LogP contribution in [0.2, 0.25) is 0 Å². The van der Waals surface area contributed by atoms with Crippen LogP contribution in [-0.4, -0.2) is 40.2 Å². The Kier molecular flexibility index (Phi) is 5.25. The van der Waals surface area contributed by atoms with Gasteiger partial charge >= 0.3 is 5.97 Å². The number of para-hydroxylation sites is 1. The molecule has 1 aromatic carbocycles. The number of amides is 2. The molecule has 4 rings (SSSR count). The Labute approximate surface area is 176 Å². The summed E-state index contributed by atoms with van der Waals surface area (Å²) in [4.78, 5) is 41.2. The molecular weight excluding hydrogens is 412 g/mol. The molecule has 1 aromatic heterocycles. The van der Waals surface area contributed by atoms with Crippen LogP contribution in [0.5, 0.6) is 0 Å². The Bertz CT molecular complexity index is 1040. The molecule has 2 aliphatic heterocycles. The van der Waals surface area contributed by atoms with Crippen LogP contribution in [0, 0.1) is 0 Å². The van der Waals surface area contributed by atoms with Gasteiger partial charge in [0.15, 0.2) is 0 Å². The number of carbonyl (C=O) groups excluding carboxylic acids is 3. The van der Waals surface area contributed by atoms with E-state index in [2.05, 4.69) is 0 Å². The van der Waals surface area contributed by atoms with E-state index in [0.29, 0.717) is 21.3 Å². The third kappa shape index (κ3) is 3.47. The van der Waals surface area contributed by atoms with Crippen LogP contribution < -0.4 is 4.90 Å². The number of benzene rings is 1. The third-order valence-corrected chi connectivity index (χ3v) is 5.93. The summed E-state index contributed by atoms with van der Waals surface area (Å²) in [5.41, 5.74) is 1.42. The molecule has 0 saturated carbocycles. The molecule has 3 heterocycles. The first-order valence-electron chi connectivity index (χ1n) is 8.88. The summed E-state index contributed by atoms with van der Waals surface area (Å²) in [6, 6.07) is 10.5. The first kappa shape index (κ1) is 19.4. The molecule has 2 aromatic rings. The second-order valence-corrected chi connectivity index (χ2v) is 7.90. The minimum atomic E-state index is -0.512. The summed E-state index contributed by atoms with van der Waals surface area (Å²) < 4.78 is 10.6. The molecule has 1 fully saturated rings. The van der Waals surface area contributed by atoms with Crippen LogP contribution in [0.25, 0.3) is 5.57 Å². The number of rotatable bonds is 5. The zero-order valence-corrected chi connectivity index (χ0v) is 17.0. The Morgan fingerprint density at radius 1 is 1.14 bits per heavy atom. The average molecular weight is 428 g/mol. The number of fused-ring (bicyclic) bond motifs is 1. The van der Waals surface area contributed by atoms with E-state index in [1.54, 1.807) is 43.3 Å². The largest absolute Gasteiger partial charge is 0.467 e. The minimum absolute atomic E-state index is 0.191. The van der Waals surface area contributed by atoms with Gasteiger partial charge in [0.2, 0.25) is 0 Å². The topological polar surface area (TPSA) is 80.1 Å². The van der Waals surface area contributed by atoms with Gasteiger partial charge < -0.3 is 9.15 Å². The summed E-state index contributed by atoms with van der Waals surface area (Å²) >= 11 is 6.45. The third-order valence-electron chi connectivity index (χ3n) is 4.49. The molecule has 29 heavy (non-hydrogen) atoms. The first-order chi connectivity index (χ1) is 14.0. The van der Waals surface area contributed by atoms with Gasteiger partial charge in [0.05, 0.1) is 35.6 Å². The van der Waals surface area contributed by atoms with Gasteiger partial charge in [-0.3, -0.25) is 24.2 Å².